The molecule has 1 fully saturated rings. The minimum absolute atomic E-state index is 0.245. The third-order valence-corrected chi connectivity index (χ3v) is 4.05. The molecular weight excluding hydrogens is 316 g/mol. The summed E-state index contributed by atoms with van der Waals surface area (Å²) in [5, 5.41) is 0. The van der Waals surface area contributed by atoms with Crippen LogP contribution in [-0.2, 0) is 4.74 Å². The first kappa shape index (κ1) is 15.5. The van der Waals surface area contributed by atoms with Crippen molar-refractivity contribution >= 4 is 11.9 Å². The number of benzene rings is 1. The molecule has 0 unspecified atom stereocenters. The number of nitrogens with zero attached hydrogens (tertiary/aromatic N) is 5. The zero-order chi connectivity index (χ0) is 17.1. The first-order valence-electron chi connectivity index (χ1n) is 8.15. The Kier molecular flexibility index (Phi) is 4.22. The van der Waals surface area contributed by atoms with E-state index in [1.807, 2.05) is 36.4 Å². The van der Waals surface area contributed by atoms with Gasteiger partial charge in [0.1, 0.15) is 0 Å². The van der Waals surface area contributed by atoms with Gasteiger partial charge in [0.05, 0.1) is 24.6 Å². The van der Waals surface area contributed by atoms with Gasteiger partial charge in [-0.1, -0.05) is 30.3 Å². The van der Waals surface area contributed by atoms with Crippen molar-refractivity contribution in [1.82, 2.24) is 19.9 Å². The smallest absolute Gasteiger partial charge is 0.226 e. The van der Waals surface area contributed by atoms with E-state index in [0.717, 1.165) is 35.6 Å². The van der Waals surface area contributed by atoms with Crippen molar-refractivity contribution in [3.63, 3.8) is 0 Å². The van der Waals surface area contributed by atoms with Crippen molar-refractivity contribution in [3.05, 3.63) is 48.8 Å². The van der Waals surface area contributed by atoms with E-state index in [-0.39, 0.29) is 5.95 Å². The zero-order valence-electron chi connectivity index (χ0n) is 13.7. The molecule has 25 heavy (non-hydrogen) atoms. The maximum atomic E-state index is 5.60. The highest BCUT2D eigenvalue weighted by Gasteiger charge is 2.17. The van der Waals surface area contributed by atoms with Gasteiger partial charge >= 0.3 is 0 Å². The Balaban J connectivity index is 1.81. The van der Waals surface area contributed by atoms with E-state index in [1.165, 1.54) is 0 Å². The molecule has 3 heterocycles. The molecule has 1 aromatic carbocycles. The average molecular weight is 334 g/mol. The second-order valence-corrected chi connectivity index (χ2v) is 5.73. The molecule has 1 aliphatic rings. The van der Waals surface area contributed by atoms with E-state index in [1.54, 1.807) is 12.4 Å². The third kappa shape index (κ3) is 3.41. The number of morpholine rings is 1. The van der Waals surface area contributed by atoms with Crippen molar-refractivity contribution in [3.8, 4) is 22.5 Å². The van der Waals surface area contributed by atoms with Gasteiger partial charge in [0.15, 0.2) is 0 Å². The maximum absolute atomic E-state index is 5.60. The fraction of sp³-hybridized carbons (Fsp3) is 0.222. The van der Waals surface area contributed by atoms with E-state index in [0.29, 0.717) is 19.2 Å². The first-order chi connectivity index (χ1) is 12.3. The van der Waals surface area contributed by atoms with E-state index < -0.39 is 0 Å². The largest absolute Gasteiger partial charge is 0.378 e. The number of hydrogen-bond donors (Lipinski definition) is 1. The summed E-state index contributed by atoms with van der Waals surface area (Å²) in [7, 11) is 0. The first-order valence-corrected chi connectivity index (χ1v) is 8.15. The molecule has 126 valence electrons. The number of ether oxygens (including phenoxy) is 1. The van der Waals surface area contributed by atoms with Gasteiger partial charge in [-0.05, 0) is 6.07 Å². The second-order valence-electron chi connectivity index (χ2n) is 5.73. The van der Waals surface area contributed by atoms with E-state index >= 15 is 0 Å². The monoisotopic (exact) mass is 334 g/mol. The van der Waals surface area contributed by atoms with Gasteiger partial charge in [0, 0.05) is 36.6 Å². The standard InChI is InChI=1S/C18H18N6O/c19-17-20-11-14(12-21-17)16-10-15(13-4-2-1-3-5-13)22-18(23-16)24-6-8-25-9-7-24/h1-5,10-12H,6-9H2,(H2,19,20,21). The quantitative estimate of drug-likeness (QED) is 0.783. The Morgan fingerprint density at radius 3 is 2.20 bits per heavy atom. The molecule has 0 saturated carbocycles. The zero-order valence-corrected chi connectivity index (χ0v) is 13.7. The second kappa shape index (κ2) is 6.82. The molecule has 0 atom stereocenters. The van der Waals surface area contributed by atoms with Crippen LogP contribution >= 0.6 is 0 Å². The molecule has 3 aromatic rings. The maximum Gasteiger partial charge on any atom is 0.226 e. The molecule has 0 radical (unpaired) electrons. The lowest BCUT2D eigenvalue weighted by molar-refractivity contribution is 0.122. The predicted octanol–water partition coefficient (Wildman–Crippen LogP) is 2.02. The Morgan fingerprint density at radius 1 is 0.880 bits per heavy atom. The molecule has 7 nitrogen and oxygen atoms in total. The van der Waals surface area contributed by atoms with Crippen LogP contribution in [0.4, 0.5) is 11.9 Å². The summed E-state index contributed by atoms with van der Waals surface area (Å²) >= 11 is 0. The van der Waals surface area contributed by atoms with Gasteiger partial charge in [-0.3, -0.25) is 0 Å². The van der Waals surface area contributed by atoms with Crippen molar-refractivity contribution in [2.75, 3.05) is 36.9 Å². The van der Waals surface area contributed by atoms with E-state index in [4.69, 9.17) is 20.4 Å². The lowest BCUT2D eigenvalue weighted by Crippen LogP contribution is -2.37. The van der Waals surface area contributed by atoms with Gasteiger partial charge in [-0.25, -0.2) is 19.9 Å². The topological polar surface area (TPSA) is 90.0 Å². The lowest BCUT2D eigenvalue weighted by atomic mass is 10.1. The van der Waals surface area contributed by atoms with E-state index in [2.05, 4.69) is 14.9 Å². The Hall–Kier alpha value is -3.06. The third-order valence-electron chi connectivity index (χ3n) is 4.05. The van der Waals surface area contributed by atoms with Crippen LogP contribution in [0.2, 0.25) is 0 Å². The van der Waals surface area contributed by atoms with Crippen LogP contribution in [-0.4, -0.2) is 46.2 Å². The number of anilines is 2. The van der Waals surface area contributed by atoms with Crippen molar-refractivity contribution in [1.29, 1.82) is 0 Å². The molecule has 0 amide bonds. The molecular formula is C18H18N6O. The number of nitrogens with two attached hydrogens (primary N) is 1. The normalized spacial score (nSPS) is 14.5. The van der Waals surface area contributed by atoms with Crippen LogP contribution < -0.4 is 10.6 Å². The van der Waals surface area contributed by atoms with E-state index in [9.17, 15) is 0 Å². The molecule has 2 N–H and O–H groups in total. The minimum Gasteiger partial charge on any atom is -0.378 e. The molecule has 2 aromatic heterocycles. The van der Waals surface area contributed by atoms with Gasteiger partial charge in [-0.15, -0.1) is 0 Å². The van der Waals surface area contributed by atoms with Crippen LogP contribution in [0, 0.1) is 0 Å². The molecule has 0 spiro atoms. The number of rotatable bonds is 3. The highest BCUT2D eigenvalue weighted by atomic mass is 16.5. The SMILES string of the molecule is Nc1ncc(-c2cc(-c3ccccc3)nc(N3CCOCC3)n2)cn1. The highest BCUT2D eigenvalue weighted by Crippen LogP contribution is 2.26. The van der Waals surface area contributed by atoms with Crippen molar-refractivity contribution in [2.45, 2.75) is 0 Å². The number of hydrogen-bond acceptors (Lipinski definition) is 7. The summed E-state index contributed by atoms with van der Waals surface area (Å²) < 4.78 is 5.43. The molecule has 0 aliphatic carbocycles. The van der Waals surface area contributed by atoms with Crippen LogP contribution in [0.1, 0.15) is 0 Å². The van der Waals surface area contributed by atoms with Crippen LogP contribution in [0.5, 0.6) is 0 Å². The Bertz CT molecular complexity index is 847. The minimum atomic E-state index is 0.245. The van der Waals surface area contributed by atoms with Crippen molar-refractivity contribution < 1.29 is 4.74 Å². The molecule has 0 bridgehead atoms. The summed E-state index contributed by atoms with van der Waals surface area (Å²) in [5.41, 5.74) is 9.08. The summed E-state index contributed by atoms with van der Waals surface area (Å²) in [6, 6.07) is 12.0. The fourth-order valence-corrected chi connectivity index (χ4v) is 2.71. The summed E-state index contributed by atoms with van der Waals surface area (Å²) in [5.74, 6) is 0.936. The van der Waals surface area contributed by atoms with Gasteiger partial charge in [0.25, 0.3) is 0 Å². The van der Waals surface area contributed by atoms with Gasteiger partial charge < -0.3 is 15.4 Å². The van der Waals surface area contributed by atoms with Crippen molar-refractivity contribution in [2.24, 2.45) is 0 Å². The number of aromatic nitrogens is 4. The van der Waals surface area contributed by atoms with Gasteiger partial charge in [0.2, 0.25) is 11.9 Å². The molecule has 7 heteroatoms. The summed E-state index contributed by atoms with van der Waals surface area (Å²) in [6.45, 7) is 2.91. The Morgan fingerprint density at radius 2 is 1.52 bits per heavy atom. The number of nitrogen functional groups attached to an aromatic ring is 1. The highest BCUT2D eigenvalue weighted by molar-refractivity contribution is 5.69. The molecule has 4 rings (SSSR count). The summed E-state index contributed by atoms with van der Waals surface area (Å²) in [4.78, 5) is 19.8. The molecule has 1 saturated heterocycles. The summed E-state index contributed by atoms with van der Waals surface area (Å²) in [6.07, 6.45) is 3.37. The van der Waals surface area contributed by atoms with Crippen LogP contribution in [0.3, 0.4) is 0 Å². The van der Waals surface area contributed by atoms with Crippen LogP contribution in [0.25, 0.3) is 22.5 Å². The fourth-order valence-electron chi connectivity index (χ4n) is 2.71. The van der Waals surface area contributed by atoms with Crippen LogP contribution in [0.15, 0.2) is 48.8 Å². The molecule has 1 aliphatic heterocycles. The van der Waals surface area contributed by atoms with Gasteiger partial charge in [-0.2, -0.15) is 0 Å². The lowest BCUT2D eigenvalue weighted by Gasteiger charge is -2.27. The predicted molar refractivity (Wildman–Crippen MR) is 95.9 cm³/mol. The average Bonchev–Trinajstić information content (AvgIpc) is 2.69. The Labute approximate surface area is 145 Å².